The average molecular weight is 181 g/mol. The highest BCUT2D eigenvalue weighted by atomic mass is 16.1. The maximum absolute atomic E-state index is 11.5. The second-order valence-corrected chi connectivity index (χ2v) is 3.11. The summed E-state index contributed by atoms with van der Waals surface area (Å²) in [7, 11) is 3.67. The van der Waals surface area contributed by atoms with E-state index in [-0.39, 0.29) is 11.8 Å². The van der Waals surface area contributed by atoms with Crippen molar-refractivity contribution < 1.29 is 4.79 Å². The number of nitrogens with zero attached hydrogens (tertiary/aromatic N) is 2. The van der Waals surface area contributed by atoms with E-state index in [9.17, 15) is 4.79 Å². The molecule has 0 amide bonds. The minimum atomic E-state index is -0.100. The van der Waals surface area contributed by atoms with Crippen molar-refractivity contribution in [3.05, 3.63) is 18.2 Å². The molecule has 0 aliphatic rings. The number of carbonyl (C=O) groups is 1. The maximum Gasteiger partial charge on any atom is 0.156 e. The zero-order valence-electron chi connectivity index (χ0n) is 8.24. The number of nitrogens with one attached hydrogen (secondary N) is 1. The van der Waals surface area contributed by atoms with Crippen LogP contribution in [-0.2, 0) is 18.3 Å². The van der Waals surface area contributed by atoms with Crippen molar-refractivity contribution in [2.45, 2.75) is 19.4 Å². The molecule has 72 valence electrons. The number of hydrogen-bond acceptors (Lipinski definition) is 3. The van der Waals surface area contributed by atoms with Gasteiger partial charge in [0.25, 0.3) is 0 Å². The van der Waals surface area contributed by atoms with Crippen molar-refractivity contribution in [1.82, 2.24) is 14.9 Å². The van der Waals surface area contributed by atoms with Gasteiger partial charge in [-0.2, -0.15) is 0 Å². The Kier molecular flexibility index (Phi) is 3.19. The molecule has 0 aliphatic heterocycles. The first-order chi connectivity index (χ1) is 6.15. The topological polar surface area (TPSA) is 46.9 Å². The Bertz CT molecular complexity index is 293. The summed E-state index contributed by atoms with van der Waals surface area (Å²) in [6.07, 6.45) is 3.94. The largest absolute Gasteiger partial charge is 0.338 e. The lowest BCUT2D eigenvalue weighted by atomic mass is 10.1. The molecule has 0 radical (unpaired) electrons. The van der Waals surface area contributed by atoms with Gasteiger partial charge in [0, 0.05) is 19.4 Å². The number of aromatic nitrogens is 2. The van der Waals surface area contributed by atoms with Gasteiger partial charge in [-0.3, -0.25) is 4.79 Å². The molecule has 1 heterocycles. The first-order valence-electron chi connectivity index (χ1n) is 4.31. The summed E-state index contributed by atoms with van der Waals surface area (Å²) in [6.45, 7) is 1.85. The highest BCUT2D eigenvalue weighted by Crippen LogP contribution is 1.98. The summed E-state index contributed by atoms with van der Waals surface area (Å²) in [4.78, 5) is 15.6. The molecule has 1 aromatic heterocycles. The van der Waals surface area contributed by atoms with E-state index >= 15 is 0 Å². The predicted octanol–water partition coefficient (Wildman–Crippen LogP) is 0.140. The van der Waals surface area contributed by atoms with Crippen LogP contribution in [0, 0.1) is 0 Å². The van der Waals surface area contributed by atoms with Crippen molar-refractivity contribution in [2.75, 3.05) is 7.05 Å². The third-order valence-corrected chi connectivity index (χ3v) is 2.17. The van der Waals surface area contributed by atoms with Gasteiger partial charge in [-0.05, 0) is 14.0 Å². The molecule has 0 saturated carbocycles. The molecular weight excluding hydrogens is 166 g/mol. The van der Waals surface area contributed by atoms with E-state index in [0.29, 0.717) is 6.42 Å². The Hall–Kier alpha value is -1.16. The van der Waals surface area contributed by atoms with E-state index in [0.717, 1.165) is 5.82 Å². The second kappa shape index (κ2) is 4.18. The normalized spacial score (nSPS) is 12.8. The van der Waals surface area contributed by atoms with E-state index in [1.807, 2.05) is 24.7 Å². The SMILES string of the molecule is CNC(C)C(=O)Cc1nccn1C. The predicted molar refractivity (Wildman–Crippen MR) is 50.4 cm³/mol. The second-order valence-electron chi connectivity index (χ2n) is 3.11. The molecule has 0 aromatic carbocycles. The van der Waals surface area contributed by atoms with Crippen LogP contribution in [0.5, 0.6) is 0 Å². The lowest BCUT2D eigenvalue weighted by Gasteiger charge is -2.08. The standard InChI is InChI=1S/C9H15N3O/c1-7(10-2)8(13)6-9-11-4-5-12(9)3/h4-5,7,10H,6H2,1-3H3. The Morgan fingerprint density at radius 2 is 2.46 bits per heavy atom. The van der Waals surface area contributed by atoms with Gasteiger partial charge in [-0.1, -0.05) is 0 Å². The summed E-state index contributed by atoms with van der Waals surface area (Å²) >= 11 is 0. The molecular formula is C9H15N3O. The van der Waals surface area contributed by atoms with Crippen molar-refractivity contribution in [1.29, 1.82) is 0 Å². The Morgan fingerprint density at radius 3 is 2.92 bits per heavy atom. The van der Waals surface area contributed by atoms with Crippen molar-refractivity contribution in [2.24, 2.45) is 7.05 Å². The number of imidazole rings is 1. The van der Waals surface area contributed by atoms with E-state index in [2.05, 4.69) is 10.3 Å². The Morgan fingerprint density at radius 1 is 1.77 bits per heavy atom. The molecule has 0 bridgehead atoms. The zero-order chi connectivity index (χ0) is 9.84. The van der Waals surface area contributed by atoms with Gasteiger partial charge >= 0.3 is 0 Å². The molecule has 0 spiro atoms. The molecule has 4 heteroatoms. The molecule has 13 heavy (non-hydrogen) atoms. The summed E-state index contributed by atoms with van der Waals surface area (Å²) in [6, 6.07) is -0.100. The first kappa shape index (κ1) is 9.92. The number of Topliss-reactive ketones (excluding diaryl/α,β-unsaturated/α-hetero) is 1. The number of likely N-dealkylation sites (N-methyl/N-ethyl adjacent to an activating group) is 1. The Labute approximate surface area is 78.0 Å². The molecule has 0 saturated heterocycles. The number of hydrogen-bond donors (Lipinski definition) is 1. The average Bonchev–Trinajstić information content (AvgIpc) is 2.50. The van der Waals surface area contributed by atoms with E-state index in [1.54, 1.807) is 13.2 Å². The van der Waals surface area contributed by atoms with Gasteiger partial charge < -0.3 is 9.88 Å². The van der Waals surface area contributed by atoms with E-state index < -0.39 is 0 Å². The fourth-order valence-corrected chi connectivity index (χ4v) is 1.04. The van der Waals surface area contributed by atoms with Gasteiger partial charge in [0.1, 0.15) is 5.82 Å². The molecule has 0 aliphatic carbocycles. The smallest absolute Gasteiger partial charge is 0.156 e. The van der Waals surface area contributed by atoms with Crippen LogP contribution in [0.1, 0.15) is 12.7 Å². The van der Waals surface area contributed by atoms with Crippen molar-refractivity contribution in [3.63, 3.8) is 0 Å². The number of carbonyl (C=O) groups excluding carboxylic acids is 1. The van der Waals surface area contributed by atoms with Crippen LogP contribution in [0.4, 0.5) is 0 Å². The third-order valence-electron chi connectivity index (χ3n) is 2.17. The van der Waals surface area contributed by atoms with Gasteiger partial charge in [-0.15, -0.1) is 0 Å². The molecule has 1 rings (SSSR count). The molecule has 1 unspecified atom stereocenters. The van der Waals surface area contributed by atoms with Gasteiger partial charge in [0.2, 0.25) is 0 Å². The van der Waals surface area contributed by atoms with Gasteiger partial charge in [0.05, 0.1) is 12.5 Å². The van der Waals surface area contributed by atoms with Crippen molar-refractivity contribution >= 4 is 5.78 Å². The highest BCUT2D eigenvalue weighted by molar-refractivity contribution is 5.85. The quantitative estimate of drug-likeness (QED) is 0.718. The molecule has 0 fully saturated rings. The minimum absolute atomic E-state index is 0.100. The van der Waals surface area contributed by atoms with Crippen LogP contribution in [0.15, 0.2) is 12.4 Å². The lowest BCUT2D eigenvalue weighted by molar-refractivity contribution is -0.120. The highest BCUT2D eigenvalue weighted by Gasteiger charge is 2.12. The number of ketones is 1. The van der Waals surface area contributed by atoms with Crippen LogP contribution >= 0.6 is 0 Å². The zero-order valence-corrected chi connectivity index (χ0v) is 8.24. The van der Waals surface area contributed by atoms with Crippen LogP contribution in [-0.4, -0.2) is 28.4 Å². The molecule has 1 aromatic rings. The summed E-state index contributed by atoms with van der Waals surface area (Å²) < 4.78 is 1.86. The first-order valence-corrected chi connectivity index (χ1v) is 4.31. The molecule has 1 atom stereocenters. The van der Waals surface area contributed by atoms with Crippen molar-refractivity contribution in [3.8, 4) is 0 Å². The maximum atomic E-state index is 11.5. The fourth-order valence-electron chi connectivity index (χ4n) is 1.04. The van der Waals surface area contributed by atoms with Gasteiger partial charge in [0.15, 0.2) is 5.78 Å². The lowest BCUT2D eigenvalue weighted by Crippen LogP contribution is -2.32. The van der Waals surface area contributed by atoms with E-state index in [1.165, 1.54) is 0 Å². The summed E-state index contributed by atoms with van der Waals surface area (Å²) in [5.41, 5.74) is 0. The monoisotopic (exact) mass is 181 g/mol. The van der Waals surface area contributed by atoms with E-state index in [4.69, 9.17) is 0 Å². The van der Waals surface area contributed by atoms with Crippen LogP contribution in [0.2, 0.25) is 0 Å². The Balaban J connectivity index is 2.60. The van der Waals surface area contributed by atoms with Crippen LogP contribution in [0.25, 0.3) is 0 Å². The van der Waals surface area contributed by atoms with Crippen LogP contribution in [0.3, 0.4) is 0 Å². The number of rotatable bonds is 4. The third kappa shape index (κ3) is 2.39. The number of aryl methyl sites for hydroxylation is 1. The molecule has 4 nitrogen and oxygen atoms in total. The van der Waals surface area contributed by atoms with Crippen LogP contribution < -0.4 is 5.32 Å². The summed E-state index contributed by atoms with van der Waals surface area (Å²) in [5.74, 6) is 0.976. The summed E-state index contributed by atoms with van der Waals surface area (Å²) in [5, 5.41) is 2.91. The molecule has 1 N–H and O–H groups in total. The minimum Gasteiger partial charge on any atom is -0.338 e. The fraction of sp³-hybridized carbons (Fsp3) is 0.556. The van der Waals surface area contributed by atoms with Gasteiger partial charge in [-0.25, -0.2) is 4.98 Å².